The zero-order valence-electron chi connectivity index (χ0n) is 22.1. The molecule has 3 atom stereocenters. The molecule has 188 valence electrons. The van der Waals surface area contributed by atoms with E-state index in [1.54, 1.807) is 35.3 Å². The normalized spacial score (nSPS) is 18.5. The second-order valence-corrected chi connectivity index (χ2v) is 9.98. The molecule has 0 radical (unpaired) electrons. The van der Waals surface area contributed by atoms with Crippen LogP contribution in [-0.2, 0) is 20.9 Å². The number of nitrogens with zero attached hydrogens (tertiary/aromatic N) is 4. The van der Waals surface area contributed by atoms with Crippen molar-refractivity contribution in [1.82, 2.24) is 19.7 Å². The number of likely N-dealkylation sites (tertiary alicyclic amines) is 1. The van der Waals surface area contributed by atoms with Crippen LogP contribution in [0.4, 0.5) is 0 Å². The summed E-state index contributed by atoms with van der Waals surface area (Å²) in [4.78, 5) is 37.3. The van der Waals surface area contributed by atoms with Crippen LogP contribution in [0.25, 0.3) is 10.4 Å². The fourth-order valence-electron chi connectivity index (χ4n) is 4.07. The molecule has 1 fully saturated rings. The zero-order chi connectivity index (χ0) is 25.6. The Balaban J connectivity index is 0.00000199. The standard InChI is InChI=1S/C24H34N4O3S.C2H6/c1-15-22(32-17(3)25-15)19-10-8-18(9-11-19)13-27(6)24(30)21-12-20(31-7)14-28(21)23(29)16(2)26(4)5;1-2/h8-11,16,20-21H,12-14H2,1-7H3;1-2H3/t16-,20+,21-;/m0./s1. The first kappa shape index (κ1) is 28.0. The topological polar surface area (TPSA) is 66.0 Å². The third kappa shape index (κ3) is 6.43. The van der Waals surface area contributed by atoms with Gasteiger partial charge in [-0.3, -0.25) is 14.5 Å². The minimum atomic E-state index is -0.498. The molecule has 1 aliphatic rings. The molecule has 3 rings (SSSR count). The predicted molar refractivity (Wildman–Crippen MR) is 139 cm³/mol. The summed E-state index contributed by atoms with van der Waals surface area (Å²) in [6, 6.07) is 7.48. The first-order valence-electron chi connectivity index (χ1n) is 11.9. The molecule has 0 bridgehead atoms. The maximum Gasteiger partial charge on any atom is 0.245 e. The van der Waals surface area contributed by atoms with Gasteiger partial charge in [-0.1, -0.05) is 38.1 Å². The molecule has 0 N–H and O–H groups in total. The van der Waals surface area contributed by atoms with Crippen LogP contribution in [0.2, 0.25) is 0 Å². The molecular weight excluding hydrogens is 448 g/mol. The van der Waals surface area contributed by atoms with Gasteiger partial charge in [0.25, 0.3) is 0 Å². The van der Waals surface area contributed by atoms with E-state index in [2.05, 4.69) is 29.2 Å². The molecule has 1 aliphatic heterocycles. The number of ether oxygens (including phenoxy) is 1. The number of carbonyl (C=O) groups excluding carboxylic acids is 2. The summed E-state index contributed by atoms with van der Waals surface area (Å²) in [5.41, 5.74) is 3.22. The van der Waals surface area contributed by atoms with Gasteiger partial charge in [0.15, 0.2) is 0 Å². The SMILES string of the molecule is CC.CO[C@@H]1C[C@@H](C(=O)N(C)Cc2ccc(-c3sc(C)nc3C)cc2)N(C(=O)[C@H](C)N(C)C)C1. The van der Waals surface area contributed by atoms with Gasteiger partial charge in [-0.25, -0.2) is 4.98 Å². The molecular formula is C26H40N4O3S. The minimum absolute atomic E-state index is 0.0409. The highest BCUT2D eigenvalue weighted by atomic mass is 32.1. The first-order chi connectivity index (χ1) is 16.1. The Kier molecular flexibility index (Phi) is 10.2. The van der Waals surface area contributed by atoms with Gasteiger partial charge in [-0.2, -0.15) is 0 Å². The Morgan fingerprint density at radius 2 is 1.79 bits per heavy atom. The van der Waals surface area contributed by atoms with E-state index in [1.807, 2.05) is 53.6 Å². The Morgan fingerprint density at radius 3 is 2.29 bits per heavy atom. The van der Waals surface area contributed by atoms with Crippen molar-refractivity contribution >= 4 is 23.2 Å². The first-order valence-corrected chi connectivity index (χ1v) is 12.7. The summed E-state index contributed by atoms with van der Waals surface area (Å²) in [5.74, 6) is -0.0947. The highest BCUT2D eigenvalue weighted by Crippen LogP contribution is 2.30. The van der Waals surface area contributed by atoms with E-state index in [9.17, 15) is 9.59 Å². The Labute approximate surface area is 208 Å². The molecule has 7 nitrogen and oxygen atoms in total. The van der Waals surface area contributed by atoms with Gasteiger partial charge in [-0.15, -0.1) is 11.3 Å². The number of hydrogen-bond donors (Lipinski definition) is 0. The van der Waals surface area contributed by atoms with Crippen LogP contribution in [0.1, 0.15) is 43.5 Å². The molecule has 34 heavy (non-hydrogen) atoms. The van der Waals surface area contributed by atoms with Crippen molar-refractivity contribution in [3.8, 4) is 10.4 Å². The van der Waals surface area contributed by atoms with Crippen LogP contribution in [0, 0.1) is 13.8 Å². The van der Waals surface area contributed by atoms with E-state index >= 15 is 0 Å². The lowest BCUT2D eigenvalue weighted by Crippen LogP contribution is -2.51. The second-order valence-electron chi connectivity index (χ2n) is 8.78. The number of methoxy groups -OCH3 is 1. The van der Waals surface area contributed by atoms with Crippen LogP contribution in [0.15, 0.2) is 24.3 Å². The molecule has 0 saturated carbocycles. The van der Waals surface area contributed by atoms with Crippen LogP contribution in [-0.4, -0.2) is 84.5 Å². The zero-order valence-corrected chi connectivity index (χ0v) is 22.9. The van der Waals surface area contributed by atoms with Gasteiger partial charge >= 0.3 is 0 Å². The lowest BCUT2D eigenvalue weighted by atomic mass is 10.1. The van der Waals surface area contributed by atoms with Gasteiger partial charge in [-0.05, 0) is 46.0 Å². The van der Waals surface area contributed by atoms with Crippen molar-refractivity contribution in [2.75, 3.05) is 34.8 Å². The number of carbonyl (C=O) groups is 2. The molecule has 8 heteroatoms. The van der Waals surface area contributed by atoms with Gasteiger partial charge < -0.3 is 14.5 Å². The summed E-state index contributed by atoms with van der Waals surface area (Å²) >= 11 is 1.69. The quantitative estimate of drug-likeness (QED) is 0.590. The van der Waals surface area contributed by atoms with Gasteiger partial charge in [0.1, 0.15) is 6.04 Å². The van der Waals surface area contributed by atoms with E-state index in [4.69, 9.17) is 4.74 Å². The molecule has 1 aromatic heterocycles. The summed E-state index contributed by atoms with van der Waals surface area (Å²) in [6.07, 6.45) is 0.398. The molecule has 1 saturated heterocycles. The number of aromatic nitrogens is 1. The number of amides is 2. The van der Waals surface area contributed by atoms with Crippen LogP contribution in [0.5, 0.6) is 0 Å². The fourth-order valence-corrected chi connectivity index (χ4v) is 5.00. The highest BCUT2D eigenvalue weighted by Gasteiger charge is 2.42. The summed E-state index contributed by atoms with van der Waals surface area (Å²) in [5, 5.41) is 1.06. The van der Waals surface area contributed by atoms with Crippen molar-refractivity contribution in [3.63, 3.8) is 0 Å². The average molecular weight is 489 g/mol. The third-order valence-electron chi connectivity index (χ3n) is 6.21. The Hall–Kier alpha value is -2.29. The molecule has 2 aromatic rings. The third-order valence-corrected chi connectivity index (χ3v) is 7.33. The number of thiazole rings is 1. The van der Waals surface area contributed by atoms with Crippen molar-refractivity contribution in [2.45, 2.75) is 65.8 Å². The van der Waals surface area contributed by atoms with E-state index in [1.165, 1.54) is 4.88 Å². The van der Waals surface area contributed by atoms with E-state index in [0.29, 0.717) is 19.5 Å². The van der Waals surface area contributed by atoms with Crippen LogP contribution < -0.4 is 0 Å². The maximum absolute atomic E-state index is 13.3. The minimum Gasteiger partial charge on any atom is -0.380 e. The van der Waals surface area contributed by atoms with Crippen LogP contribution in [0.3, 0.4) is 0 Å². The number of likely N-dealkylation sites (N-methyl/N-ethyl adjacent to an activating group) is 2. The van der Waals surface area contributed by atoms with Crippen molar-refractivity contribution < 1.29 is 14.3 Å². The summed E-state index contributed by atoms with van der Waals surface area (Å²) in [7, 11) is 7.17. The maximum atomic E-state index is 13.3. The molecule has 2 heterocycles. The molecule has 0 spiro atoms. The van der Waals surface area contributed by atoms with E-state index < -0.39 is 6.04 Å². The lowest BCUT2D eigenvalue weighted by molar-refractivity contribution is -0.145. The number of rotatable bonds is 7. The molecule has 2 amide bonds. The smallest absolute Gasteiger partial charge is 0.245 e. The lowest BCUT2D eigenvalue weighted by Gasteiger charge is -2.31. The van der Waals surface area contributed by atoms with Crippen molar-refractivity contribution in [3.05, 3.63) is 40.5 Å². The van der Waals surface area contributed by atoms with Gasteiger partial charge in [0.2, 0.25) is 11.8 Å². The Bertz CT molecular complexity index is 957. The van der Waals surface area contributed by atoms with Crippen molar-refractivity contribution in [2.24, 2.45) is 0 Å². The average Bonchev–Trinajstić information content (AvgIpc) is 3.41. The monoisotopic (exact) mass is 488 g/mol. The number of benzene rings is 1. The molecule has 1 aromatic carbocycles. The number of hydrogen-bond acceptors (Lipinski definition) is 6. The van der Waals surface area contributed by atoms with E-state index in [0.717, 1.165) is 21.8 Å². The van der Waals surface area contributed by atoms with Gasteiger partial charge in [0, 0.05) is 33.7 Å². The molecule has 0 aliphatic carbocycles. The largest absolute Gasteiger partial charge is 0.380 e. The summed E-state index contributed by atoms with van der Waals surface area (Å²) in [6.45, 7) is 10.8. The summed E-state index contributed by atoms with van der Waals surface area (Å²) < 4.78 is 5.49. The van der Waals surface area contributed by atoms with Crippen LogP contribution >= 0.6 is 11.3 Å². The number of aryl methyl sites for hydroxylation is 2. The van der Waals surface area contributed by atoms with Gasteiger partial charge in [0.05, 0.1) is 27.7 Å². The highest BCUT2D eigenvalue weighted by molar-refractivity contribution is 7.15. The predicted octanol–water partition coefficient (Wildman–Crippen LogP) is 3.98. The van der Waals surface area contributed by atoms with Crippen molar-refractivity contribution in [1.29, 1.82) is 0 Å². The Morgan fingerprint density at radius 1 is 1.18 bits per heavy atom. The second kappa shape index (κ2) is 12.4. The fraction of sp³-hybridized carbons (Fsp3) is 0.577. The molecule has 0 unspecified atom stereocenters. The van der Waals surface area contributed by atoms with E-state index in [-0.39, 0.29) is 24.0 Å².